The van der Waals surface area contributed by atoms with Crippen LogP contribution in [-0.4, -0.2) is 21.6 Å². The lowest BCUT2D eigenvalue weighted by Gasteiger charge is -2.43. The Morgan fingerprint density at radius 1 is 1.10 bits per heavy atom. The molecule has 20 heavy (non-hydrogen) atoms. The van der Waals surface area contributed by atoms with Crippen LogP contribution < -0.4 is 0 Å². The third kappa shape index (κ3) is 2.80. The lowest BCUT2D eigenvalue weighted by molar-refractivity contribution is -0.00167. The van der Waals surface area contributed by atoms with Crippen LogP contribution in [0, 0.1) is 0 Å². The van der Waals surface area contributed by atoms with Crippen LogP contribution in [-0.2, 0) is 0 Å². The second-order valence-corrected chi connectivity index (χ2v) is 6.26. The van der Waals surface area contributed by atoms with Gasteiger partial charge in [0.25, 0.3) is 0 Å². The largest absolute Gasteiger partial charge is 0.390 e. The first-order valence-corrected chi connectivity index (χ1v) is 7.55. The van der Waals surface area contributed by atoms with Gasteiger partial charge in [0, 0.05) is 12.2 Å². The van der Waals surface area contributed by atoms with Crippen LogP contribution in [0.4, 0.5) is 0 Å². The first kappa shape index (κ1) is 13.4. The molecule has 1 heterocycles. The number of rotatable bonds is 2. The molecular formula is C18H23NO. The highest BCUT2D eigenvalue weighted by atomic mass is 16.3. The van der Waals surface area contributed by atoms with Gasteiger partial charge in [-0.2, -0.15) is 0 Å². The Bertz CT molecular complexity index is 493. The van der Waals surface area contributed by atoms with E-state index in [1.165, 1.54) is 5.56 Å². The number of nitrogens with zero attached hydrogens (tertiary/aromatic N) is 1. The summed E-state index contributed by atoms with van der Waals surface area (Å²) < 4.78 is 0. The van der Waals surface area contributed by atoms with Crippen molar-refractivity contribution in [1.29, 1.82) is 0 Å². The molecule has 0 saturated heterocycles. The first-order chi connectivity index (χ1) is 9.66. The van der Waals surface area contributed by atoms with Gasteiger partial charge in [0.2, 0.25) is 0 Å². The highest BCUT2D eigenvalue weighted by Crippen LogP contribution is 2.36. The Morgan fingerprint density at radius 2 is 1.80 bits per heavy atom. The summed E-state index contributed by atoms with van der Waals surface area (Å²) in [5.74, 6) is 0. The fourth-order valence-electron chi connectivity index (χ4n) is 3.32. The molecule has 2 nitrogen and oxygen atoms in total. The van der Waals surface area contributed by atoms with Gasteiger partial charge in [-0.05, 0) is 44.2 Å². The van der Waals surface area contributed by atoms with Gasteiger partial charge in [-0.1, -0.05) is 42.5 Å². The monoisotopic (exact) mass is 269 g/mol. The maximum atomic E-state index is 10.1. The fraction of sp³-hybridized carbons (Fsp3) is 0.444. The minimum Gasteiger partial charge on any atom is -0.390 e. The quantitative estimate of drug-likeness (QED) is 0.882. The molecule has 2 aliphatic rings. The van der Waals surface area contributed by atoms with Crippen LogP contribution in [0.2, 0.25) is 0 Å². The second kappa shape index (κ2) is 5.45. The van der Waals surface area contributed by atoms with Crippen molar-refractivity contribution in [1.82, 2.24) is 4.90 Å². The highest BCUT2D eigenvalue weighted by molar-refractivity contribution is 5.28. The topological polar surface area (TPSA) is 23.5 Å². The maximum absolute atomic E-state index is 10.1. The molecule has 1 aromatic rings. The van der Waals surface area contributed by atoms with Crippen LogP contribution in [0.1, 0.15) is 44.2 Å². The van der Waals surface area contributed by atoms with Crippen molar-refractivity contribution in [2.45, 2.75) is 50.3 Å². The average Bonchev–Trinajstić information content (AvgIpc) is 2.48. The molecule has 1 saturated carbocycles. The summed E-state index contributed by atoms with van der Waals surface area (Å²) in [5, 5.41) is 10.1. The Labute approximate surface area is 121 Å². The molecule has 1 fully saturated rings. The summed E-state index contributed by atoms with van der Waals surface area (Å²) in [6.07, 6.45) is 12.6. The molecule has 0 aromatic heterocycles. The predicted octanol–water partition coefficient (Wildman–Crippen LogP) is 3.81. The van der Waals surface area contributed by atoms with Crippen LogP contribution in [0.15, 0.2) is 54.8 Å². The van der Waals surface area contributed by atoms with Crippen molar-refractivity contribution in [3.05, 3.63) is 60.3 Å². The van der Waals surface area contributed by atoms with E-state index in [-0.39, 0.29) is 0 Å². The number of benzene rings is 1. The van der Waals surface area contributed by atoms with E-state index in [0.29, 0.717) is 12.1 Å². The summed E-state index contributed by atoms with van der Waals surface area (Å²) in [6, 6.07) is 11.5. The molecule has 0 amide bonds. The Balaban J connectivity index is 1.78. The lowest BCUT2D eigenvalue weighted by atomic mass is 9.82. The van der Waals surface area contributed by atoms with Crippen LogP contribution in [0.5, 0.6) is 0 Å². The van der Waals surface area contributed by atoms with Crippen molar-refractivity contribution in [2.24, 2.45) is 0 Å². The molecule has 1 aliphatic heterocycles. The van der Waals surface area contributed by atoms with Crippen molar-refractivity contribution >= 4 is 0 Å². The van der Waals surface area contributed by atoms with Crippen LogP contribution >= 0.6 is 0 Å². The zero-order valence-electron chi connectivity index (χ0n) is 12.1. The van der Waals surface area contributed by atoms with Gasteiger partial charge < -0.3 is 10.0 Å². The smallest absolute Gasteiger partial charge is 0.0727 e. The average molecular weight is 269 g/mol. The summed E-state index contributed by atoms with van der Waals surface area (Å²) in [4.78, 5) is 2.46. The fourth-order valence-corrected chi connectivity index (χ4v) is 3.32. The van der Waals surface area contributed by atoms with Gasteiger partial charge in [-0.3, -0.25) is 0 Å². The lowest BCUT2D eigenvalue weighted by Crippen LogP contribution is -2.41. The molecule has 1 atom stereocenters. The van der Waals surface area contributed by atoms with Gasteiger partial charge in [0.1, 0.15) is 0 Å². The van der Waals surface area contributed by atoms with E-state index in [9.17, 15) is 5.11 Å². The van der Waals surface area contributed by atoms with Gasteiger partial charge in [-0.15, -0.1) is 0 Å². The summed E-state index contributed by atoms with van der Waals surface area (Å²) >= 11 is 0. The molecule has 2 heteroatoms. The zero-order valence-corrected chi connectivity index (χ0v) is 12.1. The molecule has 1 unspecified atom stereocenters. The maximum Gasteiger partial charge on any atom is 0.0727 e. The molecule has 1 aromatic carbocycles. The molecule has 3 rings (SSSR count). The van der Waals surface area contributed by atoms with E-state index in [4.69, 9.17) is 0 Å². The summed E-state index contributed by atoms with van der Waals surface area (Å²) in [5.41, 5.74) is 0.874. The van der Waals surface area contributed by atoms with Crippen LogP contribution in [0.3, 0.4) is 0 Å². The van der Waals surface area contributed by atoms with Gasteiger partial charge in [0.05, 0.1) is 11.6 Å². The van der Waals surface area contributed by atoms with E-state index < -0.39 is 5.60 Å². The first-order valence-electron chi connectivity index (χ1n) is 7.55. The van der Waals surface area contributed by atoms with E-state index in [1.807, 2.05) is 6.92 Å². The van der Waals surface area contributed by atoms with Gasteiger partial charge in [0.15, 0.2) is 0 Å². The molecule has 106 valence electrons. The summed E-state index contributed by atoms with van der Waals surface area (Å²) in [6.45, 7) is 1.96. The van der Waals surface area contributed by atoms with Crippen molar-refractivity contribution in [2.75, 3.05) is 0 Å². The minimum absolute atomic E-state index is 0.328. The Hall–Kier alpha value is -1.54. The van der Waals surface area contributed by atoms with E-state index >= 15 is 0 Å². The standard InChI is InChI=1S/C18H23NO/c1-18(20)12-10-16(11-13-18)19-14-6-5-9-17(19)15-7-3-2-4-8-15/h2-9,14,16-17,20H,10-13H2,1H3. The molecule has 0 bridgehead atoms. The number of allylic oxidation sites excluding steroid dienone is 2. The normalized spacial score (nSPS) is 33.4. The molecular weight excluding hydrogens is 246 g/mol. The number of aliphatic hydroxyl groups is 1. The molecule has 0 spiro atoms. The third-order valence-corrected chi connectivity index (χ3v) is 4.58. The van der Waals surface area contributed by atoms with Crippen molar-refractivity contribution in [3.8, 4) is 0 Å². The van der Waals surface area contributed by atoms with Crippen molar-refractivity contribution < 1.29 is 5.11 Å². The Kier molecular flexibility index (Phi) is 3.66. The molecule has 1 N–H and O–H groups in total. The Morgan fingerprint density at radius 3 is 2.50 bits per heavy atom. The molecule has 1 aliphatic carbocycles. The van der Waals surface area contributed by atoms with Gasteiger partial charge >= 0.3 is 0 Å². The van der Waals surface area contributed by atoms with E-state index in [2.05, 4.69) is 59.7 Å². The van der Waals surface area contributed by atoms with E-state index in [1.54, 1.807) is 0 Å². The second-order valence-electron chi connectivity index (χ2n) is 6.26. The summed E-state index contributed by atoms with van der Waals surface area (Å²) in [7, 11) is 0. The third-order valence-electron chi connectivity index (χ3n) is 4.58. The van der Waals surface area contributed by atoms with Crippen LogP contribution in [0.25, 0.3) is 0 Å². The minimum atomic E-state index is -0.464. The van der Waals surface area contributed by atoms with Gasteiger partial charge in [-0.25, -0.2) is 0 Å². The zero-order chi connectivity index (χ0) is 14.0. The SMILES string of the molecule is CC1(O)CCC(N2C=CC=CC2c2ccccc2)CC1. The number of hydrogen-bond donors (Lipinski definition) is 1. The predicted molar refractivity (Wildman–Crippen MR) is 82.2 cm³/mol. The van der Waals surface area contributed by atoms with Crippen molar-refractivity contribution in [3.63, 3.8) is 0 Å². The highest BCUT2D eigenvalue weighted by Gasteiger charge is 2.33. The number of hydrogen-bond acceptors (Lipinski definition) is 2. The molecule has 0 radical (unpaired) electrons. The van der Waals surface area contributed by atoms with E-state index in [0.717, 1.165) is 25.7 Å².